The lowest BCUT2D eigenvalue weighted by atomic mass is 10.2. The largest absolute Gasteiger partial charge is 0.343 e. The van der Waals surface area contributed by atoms with Gasteiger partial charge >= 0.3 is 0 Å². The van der Waals surface area contributed by atoms with E-state index in [-0.39, 0.29) is 5.91 Å². The number of aryl methyl sites for hydroxylation is 1. The molecular weight excluding hydrogens is 368 g/mol. The zero-order valence-electron chi connectivity index (χ0n) is 16.5. The fraction of sp³-hybridized carbons (Fsp3) is 0.364. The maximum atomic E-state index is 13.1. The van der Waals surface area contributed by atoms with Crippen LogP contribution in [0.25, 0.3) is 0 Å². The molecule has 0 atom stereocenters. The van der Waals surface area contributed by atoms with Crippen molar-refractivity contribution in [2.24, 2.45) is 0 Å². The lowest BCUT2D eigenvalue weighted by molar-refractivity contribution is 0.0627. The third-order valence-corrected chi connectivity index (χ3v) is 6.35. The van der Waals surface area contributed by atoms with E-state index in [1.54, 1.807) is 17.5 Å². The van der Waals surface area contributed by atoms with E-state index in [1.165, 1.54) is 10.4 Å². The van der Waals surface area contributed by atoms with Gasteiger partial charge in [-0.3, -0.25) is 14.7 Å². The molecule has 1 fully saturated rings. The van der Waals surface area contributed by atoms with Crippen LogP contribution in [-0.4, -0.2) is 51.4 Å². The number of rotatable bonds is 5. The summed E-state index contributed by atoms with van der Waals surface area (Å²) in [7, 11) is 0. The Morgan fingerprint density at radius 3 is 2.61 bits per heavy atom. The van der Waals surface area contributed by atoms with Gasteiger partial charge in [0.1, 0.15) is 0 Å². The molecule has 28 heavy (non-hydrogen) atoms. The van der Waals surface area contributed by atoms with Crippen molar-refractivity contribution >= 4 is 17.2 Å². The van der Waals surface area contributed by atoms with Crippen molar-refractivity contribution in [3.8, 4) is 0 Å². The van der Waals surface area contributed by atoms with Crippen molar-refractivity contribution in [3.63, 3.8) is 0 Å². The molecular formula is C22H26N4OS. The molecule has 4 heterocycles. The highest BCUT2D eigenvalue weighted by atomic mass is 32.1. The van der Waals surface area contributed by atoms with Gasteiger partial charge in [-0.1, -0.05) is 12.1 Å². The van der Waals surface area contributed by atoms with E-state index in [1.807, 2.05) is 23.2 Å². The minimum absolute atomic E-state index is 0.159. The number of carbonyl (C=O) groups excluding carboxylic acids is 1. The van der Waals surface area contributed by atoms with E-state index in [2.05, 4.69) is 51.9 Å². The molecule has 6 heteroatoms. The van der Waals surface area contributed by atoms with Crippen LogP contribution in [-0.2, 0) is 13.1 Å². The second-order valence-electron chi connectivity index (χ2n) is 7.38. The average molecular weight is 395 g/mol. The number of amides is 1. The van der Waals surface area contributed by atoms with E-state index >= 15 is 0 Å². The van der Waals surface area contributed by atoms with Crippen LogP contribution in [0, 0.1) is 13.8 Å². The molecule has 146 valence electrons. The van der Waals surface area contributed by atoms with Crippen molar-refractivity contribution in [2.75, 3.05) is 26.2 Å². The summed E-state index contributed by atoms with van der Waals surface area (Å²) in [6.07, 6.45) is 3.72. The molecule has 0 radical (unpaired) electrons. The summed E-state index contributed by atoms with van der Waals surface area (Å²) in [5.41, 5.74) is 4.27. The highest BCUT2D eigenvalue weighted by molar-refractivity contribution is 7.09. The highest BCUT2D eigenvalue weighted by Crippen LogP contribution is 2.21. The molecule has 0 spiro atoms. The lowest BCUT2D eigenvalue weighted by Gasteiger charge is -2.34. The first-order valence-electron chi connectivity index (χ1n) is 9.71. The third kappa shape index (κ3) is 4.03. The Labute approximate surface area is 170 Å². The van der Waals surface area contributed by atoms with E-state index in [0.717, 1.165) is 56.2 Å². The quantitative estimate of drug-likeness (QED) is 0.664. The molecule has 1 amide bonds. The number of carbonyl (C=O) groups is 1. The SMILES string of the molecule is Cc1cc(C(=O)N2CCN(Cc3cccnc3)CC2)c(C)n1Cc1cccs1. The number of piperazine rings is 1. The minimum Gasteiger partial charge on any atom is -0.343 e. The standard InChI is InChI=1S/C22H26N4OS/c1-17-13-21(18(2)26(17)16-20-6-4-12-28-20)22(27)25-10-8-24(9-11-25)15-19-5-3-7-23-14-19/h3-7,12-14H,8-11,15-16H2,1-2H3. The molecule has 5 nitrogen and oxygen atoms in total. The maximum Gasteiger partial charge on any atom is 0.255 e. The van der Waals surface area contributed by atoms with Crippen molar-refractivity contribution in [1.82, 2.24) is 19.4 Å². The number of pyridine rings is 1. The maximum absolute atomic E-state index is 13.1. The zero-order chi connectivity index (χ0) is 19.5. The minimum atomic E-state index is 0.159. The highest BCUT2D eigenvalue weighted by Gasteiger charge is 2.25. The van der Waals surface area contributed by atoms with Crippen LogP contribution < -0.4 is 0 Å². The normalized spacial score (nSPS) is 15.1. The molecule has 0 aromatic carbocycles. The Hall–Kier alpha value is -2.44. The second-order valence-corrected chi connectivity index (χ2v) is 8.41. The monoisotopic (exact) mass is 394 g/mol. The van der Waals surface area contributed by atoms with Crippen molar-refractivity contribution in [3.05, 3.63) is 75.5 Å². The number of thiophene rings is 1. The van der Waals surface area contributed by atoms with Crippen LogP contribution in [0.3, 0.4) is 0 Å². The third-order valence-electron chi connectivity index (χ3n) is 5.49. The molecule has 1 aliphatic rings. The molecule has 0 saturated carbocycles. The van der Waals surface area contributed by atoms with Gasteiger partial charge < -0.3 is 9.47 Å². The van der Waals surface area contributed by atoms with Gasteiger partial charge in [0, 0.05) is 61.4 Å². The number of aromatic nitrogens is 2. The van der Waals surface area contributed by atoms with Crippen LogP contribution in [0.5, 0.6) is 0 Å². The van der Waals surface area contributed by atoms with Crippen molar-refractivity contribution in [2.45, 2.75) is 26.9 Å². The number of hydrogen-bond donors (Lipinski definition) is 0. The summed E-state index contributed by atoms with van der Waals surface area (Å²) >= 11 is 1.76. The molecule has 0 N–H and O–H groups in total. The molecule has 0 unspecified atom stereocenters. The Bertz CT molecular complexity index is 925. The summed E-state index contributed by atoms with van der Waals surface area (Å²) < 4.78 is 2.25. The van der Waals surface area contributed by atoms with Gasteiger partial charge in [-0.25, -0.2) is 0 Å². The molecule has 4 rings (SSSR count). The van der Waals surface area contributed by atoms with Crippen LogP contribution in [0.1, 0.15) is 32.2 Å². The Morgan fingerprint density at radius 2 is 1.93 bits per heavy atom. The van der Waals surface area contributed by atoms with Gasteiger partial charge in [0.05, 0.1) is 12.1 Å². The molecule has 0 aliphatic carbocycles. The molecule has 3 aromatic heterocycles. The van der Waals surface area contributed by atoms with E-state index in [0.29, 0.717) is 0 Å². The van der Waals surface area contributed by atoms with Crippen molar-refractivity contribution < 1.29 is 4.79 Å². The van der Waals surface area contributed by atoms with E-state index < -0.39 is 0 Å². The number of hydrogen-bond acceptors (Lipinski definition) is 4. The van der Waals surface area contributed by atoms with Gasteiger partial charge in [0.15, 0.2) is 0 Å². The Morgan fingerprint density at radius 1 is 1.11 bits per heavy atom. The first-order chi connectivity index (χ1) is 13.6. The zero-order valence-corrected chi connectivity index (χ0v) is 17.3. The topological polar surface area (TPSA) is 41.4 Å². The van der Waals surface area contributed by atoms with Crippen LogP contribution in [0.4, 0.5) is 0 Å². The average Bonchev–Trinajstić information content (AvgIpc) is 3.33. The second kappa shape index (κ2) is 8.29. The fourth-order valence-electron chi connectivity index (χ4n) is 3.85. The van der Waals surface area contributed by atoms with E-state index in [4.69, 9.17) is 0 Å². The van der Waals surface area contributed by atoms with Gasteiger partial charge in [0.25, 0.3) is 5.91 Å². The molecule has 1 aliphatic heterocycles. The lowest BCUT2D eigenvalue weighted by Crippen LogP contribution is -2.48. The Kier molecular flexibility index (Phi) is 5.59. The predicted molar refractivity (Wildman–Crippen MR) is 113 cm³/mol. The first kappa shape index (κ1) is 18.9. The van der Waals surface area contributed by atoms with Gasteiger partial charge in [-0.05, 0) is 43.0 Å². The van der Waals surface area contributed by atoms with Crippen LogP contribution >= 0.6 is 11.3 Å². The van der Waals surface area contributed by atoms with Crippen molar-refractivity contribution in [1.29, 1.82) is 0 Å². The molecule has 0 bridgehead atoms. The summed E-state index contributed by atoms with van der Waals surface area (Å²) in [4.78, 5) is 23.0. The smallest absolute Gasteiger partial charge is 0.255 e. The van der Waals surface area contributed by atoms with Gasteiger partial charge in [-0.15, -0.1) is 11.3 Å². The van der Waals surface area contributed by atoms with Gasteiger partial charge in [-0.2, -0.15) is 0 Å². The van der Waals surface area contributed by atoms with E-state index in [9.17, 15) is 4.79 Å². The summed E-state index contributed by atoms with van der Waals surface area (Å²) in [6.45, 7) is 9.22. The first-order valence-corrected chi connectivity index (χ1v) is 10.6. The Balaban J connectivity index is 1.40. The summed E-state index contributed by atoms with van der Waals surface area (Å²) in [5.74, 6) is 0.159. The number of nitrogens with zero attached hydrogens (tertiary/aromatic N) is 4. The predicted octanol–water partition coefficient (Wildman–Crippen LogP) is 3.57. The van der Waals surface area contributed by atoms with Crippen LogP contribution in [0.2, 0.25) is 0 Å². The van der Waals surface area contributed by atoms with Crippen LogP contribution in [0.15, 0.2) is 48.1 Å². The summed E-state index contributed by atoms with van der Waals surface area (Å²) in [6, 6.07) is 10.3. The molecule has 3 aromatic rings. The fourth-order valence-corrected chi connectivity index (χ4v) is 4.54. The summed E-state index contributed by atoms with van der Waals surface area (Å²) in [5, 5.41) is 2.10. The molecule has 1 saturated heterocycles. The van der Waals surface area contributed by atoms with Gasteiger partial charge in [0.2, 0.25) is 0 Å².